The average Bonchev–Trinajstić information content (AvgIpc) is 3.06. The van der Waals surface area contributed by atoms with Crippen molar-refractivity contribution in [3.63, 3.8) is 0 Å². The van der Waals surface area contributed by atoms with Crippen LogP contribution < -0.4 is 5.32 Å². The molecule has 2 aromatic carbocycles. The lowest BCUT2D eigenvalue weighted by atomic mass is 9.73. The van der Waals surface area contributed by atoms with E-state index >= 15 is 0 Å². The first-order valence-electron chi connectivity index (χ1n) is 9.47. The lowest BCUT2D eigenvalue weighted by Crippen LogP contribution is -2.48. The number of amides is 1. The van der Waals surface area contributed by atoms with Crippen molar-refractivity contribution in [1.29, 1.82) is 0 Å². The number of nitrogens with one attached hydrogen (secondary N) is 1. The first-order valence-corrected chi connectivity index (χ1v) is 9.47. The molecule has 4 rings (SSSR count). The van der Waals surface area contributed by atoms with Gasteiger partial charge in [0.1, 0.15) is 5.82 Å². The predicted octanol–water partition coefficient (Wildman–Crippen LogP) is 3.50. The van der Waals surface area contributed by atoms with E-state index in [1.54, 1.807) is 0 Å². The van der Waals surface area contributed by atoms with Crippen LogP contribution in [0.3, 0.4) is 0 Å². The van der Waals surface area contributed by atoms with E-state index < -0.39 is 5.41 Å². The van der Waals surface area contributed by atoms with Gasteiger partial charge in [0.15, 0.2) is 0 Å². The van der Waals surface area contributed by atoms with Crippen LogP contribution in [0.15, 0.2) is 54.6 Å². The Morgan fingerprint density at radius 3 is 2.48 bits per heavy atom. The van der Waals surface area contributed by atoms with Crippen LogP contribution in [0.25, 0.3) is 11.0 Å². The van der Waals surface area contributed by atoms with Crippen LogP contribution in [-0.4, -0.2) is 28.7 Å². The molecular formula is C22H25N3O2. The van der Waals surface area contributed by atoms with Crippen molar-refractivity contribution in [3.05, 3.63) is 66.0 Å². The van der Waals surface area contributed by atoms with Crippen LogP contribution >= 0.6 is 0 Å². The summed E-state index contributed by atoms with van der Waals surface area (Å²) in [5, 5.41) is 3.23. The fraction of sp³-hybridized carbons (Fsp3) is 0.364. The Labute approximate surface area is 159 Å². The van der Waals surface area contributed by atoms with Gasteiger partial charge in [-0.1, -0.05) is 42.5 Å². The van der Waals surface area contributed by atoms with Gasteiger partial charge in [-0.15, -0.1) is 0 Å². The second-order valence-electron chi connectivity index (χ2n) is 7.27. The molecule has 1 N–H and O–H groups in total. The number of benzene rings is 2. The summed E-state index contributed by atoms with van der Waals surface area (Å²) < 4.78 is 7.60. The lowest BCUT2D eigenvalue weighted by molar-refractivity contribution is -0.131. The minimum atomic E-state index is -0.543. The van der Waals surface area contributed by atoms with Gasteiger partial charge in [0.2, 0.25) is 5.91 Å². The minimum Gasteiger partial charge on any atom is -0.381 e. The summed E-state index contributed by atoms with van der Waals surface area (Å²) in [6, 6.07) is 17.9. The van der Waals surface area contributed by atoms with Gasteiger partial charge in [-0.05, 0) is 37.5 Å². The van der Waals surface area contributed by atoms with E-state index in [1.165, 1.54) is 0 Å². The Balaban J connectivity index is 1.63. The van der Waals surface area contributed by atoms with Crippen molar-refractivity contribution in [3.8, 4) is 0 Å². The Hall–Kier alpha value is -2.66. The zero-order valence-corrected chi connectivity index (χ0v) is 15.8. The lowest BCUT2D eigenvalue weighted by Gasteiger charge is -2.37. The number of fused-ring (bicyclic) bond motifs is 1. The highest BCUT2D eigenvalue weighted by Gasteiger charge is 2.42. The van der Waals surface area contributed by atoms with Crippen molar-refractivity contribution in [2.45, 2.75) is 31.2 Å². The molecule has 1 atom stereocenters. The highest BCUT2D eigenvalue weighted by molar-refractivity contribution is 5.88. The fourth-order valence-electron chi connectivity index (χ4n) is 4.07. The molecule has 1 aromatic heterocycles. The van der Waals surface area contributed by atoms with Gasteiger partial charge in [0.05, 0.1) is 22.5 Å². The van der Waals surface area contributed by atoms with E-state index in [0.717, 1.165) is 22.4 Å². The summed E-state index contributed by atoms with van der Waals surface area (Å²) in [6.07, 6.45) is 1.39. The molecular weight excluding hydrogens is 338 g/mol. The van der Waals surface area contributed by atoms with E-state index in [-0.39, 0.29) is 11.9 Å². The number of rotatable bonds is 4. The van der Waals surface area contributed by atoms with Crippen LogP contribution in [0.4, 0.5) is 0 Å². The van der Waals surface area contributed by atoms with Crippen LogP contribution in [0.5, 0.6) is 0 Å². The standard InChI is InChI=1S/C22H25N3O2/c1-16(20-24-18-10-6-7-11-19(18)25(20)2)23-21(26)22(12-14-27-15-13-22)17-8-4-3-5-9-17/h3-11,16H,12-15H2,1-2H3,(H,23,26)/t16-/m1/s1. The Morgan fingerprint density at radius 2 is 1.78 bits per heavy atom. The third-order valence-corrected chi connectivity index (χ3v) is 5.66. The van der Waals surface area contributed by atoms with E-state index in [1.807, 2.05) is 68.6 Å². The zero-order valence-electron chi connectivity index (χ0n) is 15.8. The molecule has 1 aliphatic rings. The molecule has 5 nitrogen and oxygen atoms in total. The topological polar surface area (TPSA) is 56.1 Å². The molecule has 140 valence electrons. The Morgan fingerprint density at radius 1 is 1.11 bits per heavy atom. The first kappa shape index (κ1) is 17.7. The molecule has 3 aromatic rings. The number of carbonyl (C=O) groups excluding carboxylic acids is 1. The van der Waals surface area contributed by atoms with Gasteiger partial charge in [-0.3, -0.25) is 4.79 Å². The number of carbonyl (C=O) groups is 1. The molecule has 0 spiro atoms. The monoisotopic (exact) mass is 363 g/mol. The quantitative estimate of drug-likeness (QED) is 0.772. The maximum Gasteiger partial charge on any atom is 0.231 e. The first-order chi connectivity index (χ1) is 13.1. The van der Waals surface area contributed by atoms with Crippen molar-refractivity contribution < 1.29 is 9.53 Å². The highest BCUT2D eigenvalue weighted by Crippen LogP contribution is 2.35. The average molecular weight is 363 g/mol. The predicted molar refractivity (Wildman–Crippen MR) is 105 cm³/mol. The third-order valence-electron chi connectivity index (χ3n) is 5.66. The molecule has 0 aliphatic carbocycles. The van der Waals surface area contributed by atoms with Crippen molar-refractivity contribution >= 4 is 16.9 Å². The number of para-hydroxylation sites is 2. The summed E-state index contributed by atoms with van der Waals surface area (Å²) in [4.78, 5) is 18.2. The van der Waals surface area contributed by atoms with Crippen LogP contribution in [-0.2, 0) is 22.0 Å². The summed E-state index contributed by atoms with van der Waals surface area (Å²) in [5.74, 6) is 0.913. The summed E-state index contributed by atoms with van der Waals surface area (Å²) in [5.41, 5.74) is 2.53. The molecule has 0 unspecified atom stereocenters. The minimum absolute atomic E-state index is 0.0524. The number of aryl methyl sites for hydroxylation is 1. The van der Waals surface area contributed by atoms with Crippen molar-refractivity contribution in [1.82, 2.24) is 14.9 Å². The SMILES string of the molecule is C[C@@H](NC(=O)C1(c2ccccc2)CCOCC1)c1nc2ccccc2n1C. The van der Waals surface area contributed by atoms with Crippen molar-refractivity contribution in [2.24, 2.45) is 7.05 Å². The highest BCUT2D eigenvalue weighted by atomic mass is 16.5. The maximum atomic E-state index is 13.4. The van der Waals surface area contributed by atoms with Gasteiger partial charge >= 0.3 is 0 Å². The van der Waals surface area contributed by atoms with E-state index in [9.17, 15) is 4.79 Å². The molecule has 27 heavy (non-hydrogen) atoms. The van der Waals surface area contributed by atoms with Gasteiger partial charge in [0.25, 0.3) is 0 Å². The number of hydrogen-bond acceptors (Lipinski definition) is 3. The number of nitrogens with zero attached hydrogens (tertiary/aromatic N) is 2. The van der Waals surface area contributed by atoms with Crippen molar-refractivity contribution in [2.75, 3.05) is 13.2 Å². The summed E-state index contributed by atoms with van der Waals surface area (Å²) >= 11 is 0. The number of hydrogen-bond donors (Lipinski definition) is 1. The maximum absolute atomic E-state index is 13.4. The van der Waals surface area contributed by atoms with E-state index in [0.29, 0.717) is 26.1 Å². The molecule has 1 aliphatic heterocycles. The summed E-state index contributed by atoms with van der Waals surface area (Å²) in [6.45, 7) is 3.20. The fourth-order valence-corrected chi connectivity index (χ4v) is 4.07. The van der Waals surface area contributed by atoms with Gasteiger partial charge < -0.3 is 14.6 Å². The van der Waals surface area contributed by atoms with E-state index in [2.05, 4.69) is 9.88 Å². The molecule has 0 saturated carbocycles. The van der Waals surface area contributed by atoms with Crippen LogP contribution in [0.1, 0.15) is 37.2 Å². The molecule has 1 saturated heterocycles. The Kier molecular flexibility index (Phi) is 4.70. The molecule has 1 fully saturated rings. The number of imidazole rings is 1. The third kappa shape index (κ3) is 3.12. The second kappa shape index (κ2) is 7.16. The molecule has 0 radical (unpaired) electrons. The molecule has 5 heteroatoms. The van der Waals surface area contributed by atoms with Crippen LogP contribution in [0.2, 0.25) is 0 Å². The Bertz CT molecular complexity index is 943. The number of aromatic nitrogens is 2. The normalized spacial score (nSPS) is 17.6. The molecule has 0 bridgehead atoms. The van der Waals surface area contributed by atoms with Gasteiger partial charge in [-0.25, -0.2) is 4.98 Å². The largest absolute Gasteiger partial charge is 0.381 e. The molecule has 2 heterocycles. The van der Waals surface area contributed by atoms with Gasteiger partial charge in [-0.2, -0.15) is 0 Å². The van der Waals surface area contributed by atoms with Gasteiger partial charge in [0, 0.05) is 20.3 Å². The number of ether oxygens (including phenoxy) is 1. The smallest absolute Gasteiger partial charge is 0.231 e. The second-order valence-corrected chi connectivity index (χ2v) is 7.27. The van der Waals surface area contributed by atoms with Crippen LogP contribution in [0, 0.1) is 0 Å². The zero-order chi connectivity index (χ0) is 18.9. The van der Waals surface area contributed by atoms with E-state index in [4.69, 9.17) is 9.72 Å². The molecule has 1 amide bonds. The summed E-state index contributed by atoms with van der Waals surface area (Å²) in [7, 11) is 1.99.